The number of hydrogen-bond donors (Lipinski definition) is 2. The van der Waals surface area contributed by atoms with Gasteiger partial charge in [0.15, 0.2) is 0 Å². The van der Waals surface area contributed by atoms with Gasteiger partial charge in [0.2, 0.25) is 0 Å². The minimum atomic E-state index is -0.225. The highest BCUT2D eigenvalue weighted by Crippen LogP contribution is 2.26. The zero-order chi connectivity index (χ0) is 14.7. The summed E-state index contributed by atoms with van der Waals surface area (Å²) in [6.07, 6.45) is 0. The number of rotatable bonds is 3. The molecule has 20 heavy (non-hydrogen) atoms. The fourth-order valence-electron chi connectivity index (χ4n) is 1.84. The number of anilines is 2. The molecule has 104 valence electrons. The number of methoxy groups -OCH3 is 1. The van der Waals surface area contributed by atoms with Crippen molar-refractivity contribution < 1.29 is 9.53 Å². The van der Waals surface area contributed by atoms with E-state index >= 15 is 0 Å². The van der Waals surface area contributed by atoms with E-state index in [1.54, 1.807) is 43.3 Å². The molecule has 0 saturated heterocycles. The number of carbonyl (C=O) groups excluding carboxylic acids is 1. The zero-order valence-electron chi connectivity index (χ0n) is 11.2. The van der Waals surface area contributed by atoms with Gasteiger partial charge in [-0.2, -0.15) is 0 Å². The minimum absolute atomic E-state index is 0.225. The van der Waals surface area contributed by atoms with E-state index in [0.717, 1.165) is 5.56 Å². The fourth-order valence-corrected chi connectivity index (χ4v) is 2.02. The van der Waals surface area contributed by atoms with E-state index in [0.29, 0.717) is 27.7 Å². The molecule has 2 rings (SSSR count). The van der Waals surface area contributed by atoms with Crippen LogP contribution in [0.25, 0.3) is 0 Å². The molecule has 0 aromatic heterocycles. The van der Waals surface area contributed by atoms with E-state index in [1.165, 1.54) is 7.11 Å². The second-order valence-electron chi connectivity index (χ2n) is 4.32. The van der Waals surface area contributed by atoms with Crippen LogP contribution in [0, 0.1) is 6.92 Å². The second kappa shape index (κ2) is 5.84. The normalized spacial score (nSPS) is 10.2. The number of ether oxygens (including phenoxy) is 1. The zero-order valence-corrected chi connectivity index (χ0v) is 12.0. The molecule has 0 bridgehead atoms. The van der Waals surface area contributed by atoms with Crippen LogP contribution in [-0.2, 0) is 0 Å². The summed E-state index contributed by atoms with van der Waals surface area (Å²) in [4.78, 5) is 12.2. The third-order valence-electron chi connectivity index (χ3n) is 3.00. The fraction of sp³-hybridized carbons (Fsp3) is 0.133. The number of hydrogen-bond acceptors (Lipinski definition) is 3. The summed E-state index contributed by atoms with van der Waals surface area (Å²) in [5.74, 6) is 0.294. The van der Waals surface area contributed by atoms with Crippen molar-refractivity contribution in [2.45, 2.75) is 6.92 Å². The molecule has 0 radical (unpaired) electrons. The van der Waals surface area contributed by atoms with Gasteiger partial charge in [0, 0.05) is 22.3 Å². The van der Waals surface area contributed by atoms with Crippen LogP contribution < -0.4 is 15.8 Å². The lowest BCUT2D eigenvalue weighted by molar-refractivity contribution is 0.102. The lowest BCUT2D eigenvalue weighted by Gasteiger charge is -2.11. The third kappa shape index (κ3) is 2.86. The van der Waals surface area contributed by atoms with Crippen molar-refractivity contribution >= 4 is 28.9 Å². The van der Waals surface area contributed by atoms with E-state index in [1.807, 2.05) is 0 Å². The van der Waals surface area contributed by atoms with Gasteiger partial charge in [-0.3, -0.25) is 4.79 Å². The van der Waals surface area contributed by atoms with Crippen molar-refractivity contribution in [3.63, 3.8) is 0 Å². The molecule has 1 amide bonds. The predicted molar refractivity (Wildman–Crippen MR) is 81.5 cm³/mol. The van der Waals surface area contributed by atoms with Crippen LogP contribution in [0.4, 0.5) is 11.4 Å². The molecule has 0 saturated carbocycles. The molecule has 0 aliphatic carbocycles. The van der Waals surface area contributed by atoms with Crippen molar-refractivity contribution in [3.8, 4) is 5.75 Å². The van der Waals surface area contributed by atoms with Crippen molar-refractivity contribution in [1.82, 2.24) is 0 Å². The van der Waals surface area contributed by atoms with Gasteiger partial charge in [0.25, 0.3) is 5.91 Å². The van der Waals surface area contributed by atoms with Crippen LogP contribution in [-0.4, -0.2) is 13.0 Å². The molecule has 0 atom stereocenters. The number of nitrogens with one attached hydrogen (secondary N) is 1. The third-order valence-corrected chi connectivity index (χ3v) is 3.41. The maximum absolute atomic E-state index is 12.2. The highest BCUT2D eigenvalue weighted by molar-refractivity contribution is 6.32. The van der Waals surface area contributed by atoms with Crippen LogP contribution in [0.3, 0.4) is 0 Å². The van der Waals surface area contributed by atoms with Gasteiger partial charge in [-0.1, -0.05) is 17.7 Å². The molecule has 2 aromatic carbocycles. The molecule has 0 heterocycles. The van der Waals surface area contributed by atoms with E-state index in [9.17, 15) is 4.79 Å². The predicted octanol–water partition coefficient (Wildman–Crippen LogP) is 3.49. The summed E-state index contributed by atoms with van der Waals surface area (Å²) in [6.45, 7) is 1.81. The van der Waals surface area contributed by atoms with Crippen LogP contribution >= 0.6 is 11.6 Å². The lowest BCUT2D eigenvalue weighted by atomic mass is 10.1. The molecule has 0 aliphatic rings. The average Bonchev–Trinajstić information content (AvgIpc) is 2.43. The van der Waals surface area contributed by atoms with Crippen molar-refractivity contribution in [2.24, 2.45) is 0 Å². The highest BCUT2D eigenvalue weighted by Gasteiger charge is 2.12. The number of nitrogens with two attached hydrogens (primary N) is 1. The minimum Gasteiger partial charge on any atom is -0.495 e. The Balaban J connectivity index is 2.26. The summed E-state index contributed by atoms with van der Waals surface area (Å²) < 4.78 is 5.12. The smallest absolute Gasteiger partial charge is 0.255 e. The number of amides is 1. The Kier molecular flexibility index (Phi) is 4.15. The first-order valence-corrected chi connectivity index (χ1v) is 6.40. The van der Waals surface area contributed by atoms with Gasteiger partial charge in [-0.05, 0) is 36.8 Å². The van der Waals surface area contributed by atoms with E-state index < -0.39 is 0 Å². The molecule has 5 heteroatoms. The summed E-state index contributed by atoms with van der Waals surface area (Å²) in [6, 6.07) is 10.3. The first-order valence-electron chi connectivity index (χ1n) is 6.03. The quantitative estimate of drug-likeness (QED) is 0.851. The maximum Gasteiger partial charge on any atom is 0.255 e. The maximum atomic E-state index is 12.2. The molecule has 0 unspecified atom stereocenters. The Morgan fingerprint density at radius 2 is 2.05 bits per heavy atom. The standard InChI is InChI=1S/C15H15ClN2O2/c1-9-11(4-3-5-12(9)16)15(19)18-10-6-7-13(17)14(8-10)20-2/h3-8H,17H2,1-2H3,(H,18,19). The lowest BCUT2D eigenvalue weighted by Crippen LogP contribution is -2.13. The number of halogens is 1. The molecule has 0 fully saturated rings. The van der Waals surface area contributed by atoms with E-state index in [-0.39, 0.29) is 5.91 Å². The Morgan fingerprint density at radius 1 is 1.30 bits per heavy atom. The van der Waals surface area contributed by atoms with Crippen molar-refractivity contribution in [3.05, 3.63) is 52.5 Å². The SMILES string of the molecule is COc1cc(NC(=O)c2cccc(Cl)c2C)ccc1N. The van der Waals surface area contributed by atoms with Gasteiger partial charge in [0.1, 0.15) is 5.75 Å². The molecular formula is C15H15ClN2O2. The van der Waals surface area contributed by atoms with Gasteiger partial charge < -0.3 is 15.8 Å². The molecule has 4 nitrogen and oxygen atoms in total. The topological polar surface area (TPSA) is 64.3 Å². The molecular weight excluding hydrogens is 276 g/mol. The Labute approximate surface area is 122 Å². The van der Waals surface area contributed by atoms with Crippen LogP contribution in [0.1, 0.15) is 15.9 Å². The van der Waals surface area contributed by atoms with Gasteiger partial charge in [0.05, 0.1) is 12.8 Å². The summed E-state index contributed by atoms with van der Waals surface area (Å²) in [5, 5.41) is 3.36. The average molecular weight is 291 g/mol. The second-order valence-corrected chi connectivity index (χ2v) is 4.73. The summed E-state index contributed by atoms with van der Waals surface area (Å²) in [7, 11) is 1.53. The molecule has 2 aromatic rings. The highest BCUT2D eigenvalue weighted by atomic mass is 35.5. The first kappa shape index (κ1) is 14.2. The number of benzene rings is 2. The summed E-state index contributed by atoms with van der Waals surface area (Å²) >= 11 is 6.01. The molecule has 0 spiro atoms. The summed E-state index contributed by atoms with van der Waals surface area (Å²) in [5.41, 5.74) is 8.14. The number of carbonyl (C=O) groups is 1. The van der Waals surface area contributed by atoms with Gasteiger partial charge in [-0.25, -0.2) is 0 Å². The van der Waals surface area contributed by atoms with Crippen LogP contribution in [0.2, 0.25) is 5.02 Å². The molecule has 0 aliphatic heterocycles. The Morgan fingerprint density at radius 3 is 2.75 bits per heavy atom. The first-order chi connectivity index (χ1) is 9.52. The van der Waals surface area contributed by atoms with Crippen LogP contribution in [0.15, 0.2) is 36.4 Å². The Hall–Kier alpha value is -2.20. The van der Waals surface area contributed by atoms with E-state index in [4.69, 9.17) is 22.1 Å². The van der Waals surface area contributed by atoms with Crippen LogP contribution in [0.5, 0.6) is 5.75 Å². The van der Waals surface area contributed by atoms with Crippen molar-refractivity contribution in [2.75, 3.05) is 18.2 Å². The Bertz CT molecular complexity index is 656. The monoisotopic (exact) mass is 290 g/mol. The van der Waals surface area contributed by atoms with Crippen molar-refractivity contribution in [1.29, 1.82) is 0 Å². The van der Waals surface area contributed by atoms with E-state index in [2.05, 4.69) is 5.32 Å². The largest absolute Gasteiger partial charge is 0.495 e. The molecule has 3 N–H and O–H groups in total. The number of nitrogen functional groups attached to an aromatic ring is 1. The van der Waals surface area contributed by atoms with Gasteiger partial charge >= 0.3 is 0 Å². The van der Waals surface area contributed by atoms with Gasteiger partial charge in [-0.15, -0.1) is 0 Å².